The predicted octanol–water partition coefficient (Wildman–Crippen LogP) is 5.30. The predicted molar refractivity (Wildman–Crippen MR) is 132 cm³/mol. The summed E-state index contributed by atoms with van der Waals surface area (Å²) in [5.74, 6) is -0.195. The summed E-state index contributed by atoms with van der Waals surface area (Å²) in [6.07, 6.45) is 21.1. The Hall–Kier alpha value is -0.690. The molecule has 0 spiro atoms. The Morgan fingerprint density at radius 2 is 0.906 bits per heavy atom. The molecular formula is C26H54O6. The van der Waals surface area contributed by atoms with Crippen LogP contribution in [0.1, 0.15) is 123 Å². The average molecular weight is 463 g/mol. The summed E-state index contributed by atoms with van der Waals surface area (Å²) < 4.78 is 0. The highest BCUT2D eigenvalue weighted by molar-refractivity contribution is 5.66. The van der Waals surface area contributed by atoms with Crippen molar-refractivity contribution in [1.82, 2.24) is 0 Å². The molecule has 0 aromatic rings. The van der Waals surface area contributed by atoms with Crippen LogP contribution >= 0.6 is 0 Å². The number of unbranched alkanes of at least 4 members (excludes halogenated alkanes) is 12. The zero-order valence-corrected chi connectivity index (χ0v) is 21.1. The molecule has 32 heavy (non-hydrogen) atoms. The van der Waals surface area contributed by atoms with E-state index < -0.39 is 37.8 Å². The normalized spacial score (nSPS) is 12.3. The van der Waals surface area contributed by atoms with Crippen molar-refractivity contribution in [1.29, 1.82) is 0 Å². The maximum atomic E-state index is 11.0. The molecule has 0 aliphatic rings. The van der Waals surface area contributed by atoms with Gasteiger partial charge in [0.1, 0.15) is 0 Å². The second-order valence-electron chi connectivity index (χ2n) is 9.42. The standard InChI is InChI=1S/C21H42O2.C5H12O4/c1-3-5-7-9-11-12-14-16-18-20(19-21(22)23)17-15-13-10-8-6-4-2;6-1-5(2-7,3-8)4-9/h20H,3-19H2,1-2H3,(H,22,23);6-9H,1-4H2. The summed E-state index contributed by atoms with van der Waals surface area (Å²) in [7, 11) is 0. The zero-order chi connectivity index (χ0) is 24.5. The molecule has 0 bridgehead atoms. The number of aliphatic carboxylic acids is 1. The summed E-state index contributed by atoms with van der Waals surface area (Å²) in [5.41, 5.74) is -1.11. The first-order valence-electron chi connectivity index (χ1n) is 13.1. The number of carbonyl (C=O) groups is 1. The summed E-state index contributed by atoms with van der Waals surface area (Å²) in [6.45, 7) is 2.87. The van der Waals surface area contributed by atoms with Gasteiger partial charge in [0.2, 0.25) is 0 Å². The van der Waals surface area contributed by atoms with Crippen LogP contribution in [0.2, 0.25) is 0 Å². The van der Waals surface area contributed by atoms with E-state index in [1.807, 2.05) is 0 Å². The molecule has 5 N–H and O–H groups in total. The van der Waals surface area contributed by atoms with Crippen LogP contribution in [0.4, 0.5) is 0 Å². The minimum atomic E-state index is -1.11. The van der Waals surface area contributed by atoms with Crippen LogP contribution in [-0.2, 0) is 4.79 Å². The van der Waals surface area contributed by atoms with Crippen LogP contribution in [0.25, 0.3) is 0 Å². The molecule has 0 aliphatic carbocycles. The van der Waals surface area contributed by atoms with E-state index in [0.29, 0.717) is 12.3 Å². The fourth-order valence-corrected chi connectivity index (χ4v) is 3.68. The summed E-state index contributed by atoms with van der Waals surface area (Å²) in [4.78, 5) is 11.0. The molecule has 0 aliphatic heterocycles. The quantitative estimate of drug-likeness (QED) is 0.139. The molecule has 6 heteroatoms. The molecule has 0 saturated carbocycles. The summed E-state index contributed by atoms with van der Waals surface area (Å²) in [5, 5.41) is 43.1. The minimum absolute atomic E-state index is 0.380. The van der Waals surface area contributed by atoms with Crippen LogP contribution in [-0.4, -0.2) is 57.9 Å². The van der Waals surface area contributed by atoms with Crippen molar-refractivity contribution in [2.75, 3.05) is 26.4 Å². The third kappa shape index (κ3) is 21.2. The van der Waals surface area contributed by atoms with Gasteiger partial charge >= 0.3 is 5.97 Å². The van der Waals surface area contributed by atoms with Crippen molar-refractivity contribution < 1.29 is 30.3 Å². The van der Waals surface area contributed by atoms with Crippen molar-refractivity contribution in [3.63, 3.8) is 0 Å². The molecule has 0 rings (SSSR count). The number of hydrogen-bond donors (Lipinski definition) is 5. The fourth-order valence-electron chi connectivity index (χ4n) is 3.68. The molecule has 0 radical (unpaired) electrons. The molecule has 0 aromatic heterocycles. The van der Waals surface area contributed by atoms with Crippen molar-refractivity contribution in [2.24, 2.45) is 11.3 Å². The Labute approximate surface area is 197 Å². The van der Waals surface area contributed by atoms with Crippen molar-refractivity contribution >= 4 is 5.97 Å². The number of aliphatic hydroxyl groups excluding tert-OH is 4. The lowest BCUT2D eigenvalue weighted by Crippen LogP contribution is -2.37. The molecule has 0 heterocycles. The van der Waals surface area contributed by atoms with Crippen molar-refractivity contribution in [2.45, 2.75) is 123 Å². The van der Waals surface area contributed by atoms with Gasteiger partial charge < -0.3 is 25.5 Å². The first-order chi connectivity index (χ1) is 15.4. The lowest BCUT2D eigenvalue weighted by Gasteiger charge is -2.23. The Morgan fingerprint density at radius 3 is 1.16 bits per heavy atom. The van der Waals surface area contributed by atoms with E-state index in [1.54, 1.807) is 0 Å². The second-order valence-corrected chi connectivity index (χ2v) is 9.42. The van der Waals surface area contributed by atoms with E-state index in [4.69, 9.17) is 25.5 Å². The minimum Gasteiger partial charge on any atom is -0.481 e. The maximum absolute atomic E-state index is 11.0. The van der Waals surface area contributed by atoms with Crippen LogP contribution in [0.3, 0.4) is 0 Å². The van der Waals surface area contributed by atoms with Gasteiger partial charge in [-0.3, -0.25) is 4.79 Å². The zero-order valence-electron chi connectivity index (χ0n) is 21.1. The van der Waals surface area contributed by atoms with Gasteiger partial charge in [0, 0.05) is 6.42 Å². The number of carboxylic acid groups (broad SMARTS) is 1. The van der Waals surface area contributed by atoms with E-state index in [1.165, 1.54) is 89.9 Å². The van der Waals surface area contributed by atoms with E-state index in [9.17, 15) is 4.79 Å². The van der Waals surface area contributed by atoms with Gasteiger partial charge in [-0.2, -0.15) is 0 Å². The Bertz CT molecular complexity index is 367. The smallest absolute Gasteiger partial charge is 0.303 e. The third-order valence-electron chi connectivity index (χ3n) is 6.24. The number of hydrogen-bond acceptors (Lipinski definition) is 5. The third-order valence-corrected chi connectivity index (χ3v) is 6.24. The monoisotopic (exact) mass is 462 g/mol. The maximum Gasteiger partial charge on any atom is 0.303 e. The highest BCUT2D eigenvalue weighted by atomic mass is 16.4. The molecule has 1 atom stereocenters. The molecule has 6 nitrogen and oxygen atoms in total. The van der Waals surface area contributed by atoms with Gasteiger partial charge in [-0.15, -0.1) is 0 Å². The van der Waals surface area contributed by atoms with Gasteiger partial charge in [-0.25, -0.2) is 0 Å². The SMILES string of the molecule is CCCCCCCCCCC(CCCCCCCC)CC(=O)O.OCC(CO)(CO)CO. The Kier molecular flexibility index (Phi) is 26.1. The van der Waals surface area contributed by atoms with Gasteiger partial charge in [-0.1, -0.05) is 104 Å². The van der Waals surface area contributed by atoms with Crippen LogP contribution in [0.15, 0.2) is 0 Å². The summed E-state index contributed by atoms with van der Waals surface area (Å²) >= 11 is 0. The first kappa shape index (κ1) is 33.5. The first-order valence-corrected chi connectivity index (χ1v) is 13.1. The topological polar surface area (TPSA) is 118 Å². The van der Waals surface area contributed by atoms with Gasteiger partial charge in [0.15, 0.2) is 0 Å². The number of aliphatic hydroxyl groups is 4. The second kappa shape index (κ2) is 24.9. The fraction of sp³-hybridized carbons (Fsp3) is 0.962. The lowest BCUT2D eigenvalue weighted by molar-refractivity contribution is -0.138. The van der Waals surface area contributed by atoms with Gasteiger partial charge in [0.05, 0.1) is 31.8 Å². The lowest BCUT2D eigenvalue weighted by atomic mass is 9.91. The highest BCUT2D eigenvalue weighted by Gasteiger charge is 2.26. The van der Waals surface area contributed by atoms with E-state index in [0.717, 1.165) is 12.8 Å². The van der Waals surface area contributed by atoms with E-state index in [-0.39, 0.29) is 0 Å². The van der Waals surface area contributed by atoms with Crippen molar-refractivity contribution in [3.05, 3.63) is 0 Å². The van der Waals surface area contributed by atoms with Crippen LogP contribution in [0, 0.1) is 11.3 Å². The van der Waals surface area contributed by atoms with Gasteiger partial charge in [0.25, 0.3) is 0 Å². The largest absolute Gasteiger partial charge is 0.481 e. The number of carboxylic acids is 1. The molecular weight excluding hydrogens is 408 g/mol. The molecule has 0 fully saturated rings. The average Bonchev–Trinajstić information content (AvgIpc) is 2.79. The molecule has 194 valence electrons. The molecule has 0 amide bonds. The Balaban J connectivity index is 0. The number of rotatable bonds is 22. The molecule has 0 saturated heterocycles. The summed E-state index contributed by atoms with van der Waals surface area (Å²) in [6, 6.07) is 0. The molecule has 0 aromatic carbocycles. The van der Waals surface area contributed by atoms with Crippen LogP contribution in [0.5, 0.6) is 0 Å². The van der Waals surface area contributed by atoms with Gasteiger partial charge in [-0.05, 0) is 18.8 Å². The van der Waals surface area contributed by atoms with Crippen molar-refractivity contribution in [3.8, 4) is 0 Å². The highest BCUT2D eigenvalue weighted by Crippen LogP contribution is 2.22. The van der Waals surface area contributed by atoms with Crippen LogP contribution < -0.4 is 0 Å². The van der Waals surface area contributed by atoms with E-state index in [2.05, 4.69) is 13.8 Å². The van der Waals surface area contributed by atoms with E-state index >= 15 is 0 Å². The Morgan fingerprint density at radius 1 is 0.594 bits per heavy atom. The molecule has 1 unspecified atom stereocenters.